The number of amides is 1. The van der Waals surface area contributed by atoms with Crippen LogP contribution >= 0.6 is 0 Å². The second-order valence-corrected chi connectivity index (χ2v) is 5.94. The van der Waals surface area contributed by atoms with E-state index in [-0.39, 0.29) is 5.56 Å². The van der Waals surface area contributed by atoms with Gasteiger partial charge in [0.05, 0.1) is 25.5 Å². The Labute approximate surface area is 162 Å². The topological polar surface area (TPSA) is 92.3 Å². The molecular weight excluding hydrogens is 366 g/mol. The Balaban J connectivity index is 1.71. The fourth-order valence-electron chi connectivity index (χ4n) is 2.66. The molecule has 3 rings (SSSR count). The third kappa shape index (κ3) is 4.11. The van der Waals surface area contributed by atoms with Gasteiger partial charge in [0.25, 0.3) is 5.91 Å². The van der Waals surface area contributed by atoms with Crippen LogP contribution in [0.3, 0.4) is 0 Å². The van der Waals surface area contributed by atoms with Gasteiger partial charge in [-0.3, -0.25) is 4.79 Å². The van der Waals surface area contributed by atoms with Gasteiger partial charge in [0.1, 0.15) is 19.0 Å². The van der Waals surface area contributed by atoms with Gasteiger partial charge in [-0.25, -0.2) is 4.79 Å². The van der Waals surface area contributed by atoms with Crippen LogP contribution < -0.4 is 24.3 Å². The summed E-state index contributed by atoms with van der Waals surface area (Å²) in [4.78, 5) is 24.9. The van der Waals surface area contributed by atoms with Crippen molar-refractivity contribution >= 4 is 17.6 Å². The van der Waals surface area contributed by atoms with E-state index < -0.39 is 18.0 Å². The summed E-state index contributed by atoms with van der Waals surface area (Å²) in [6, 6.07) is 9.94. The van der Waals surface area contributed by atoms with Crippen molar-refractivity contribution in [3.8, 4) is 23.0 Å². The highest BCUT2D eigenvalue weighted by Gasteiger charge is 2.24. The fraction of sp³-hybridized carbons (Fsp3) is 0.300. The molecule has 28 heavy (non-hydrogen) atoms. The fourth-order valence-corrected chi connectivity index (χ4v) is 2.66. The van der Waals surface area contributed by atoms with Crippen LogP contribution in [0.5, 0.6) is 23.0 Å². The molecule has 0 aromatic heterocycles. The molecule has 1 atom stereocenters. The summed E-state index contributed by atoms with van der Waals surface area (Å²) < 4.78 is 26.8. The average molecular weight is 387 g/mol. The molecule has 0 spiro atoms. The number of esters is 1. The van der Waals surface area contributed by atoms with E-state index in [4.69, 9.17) is 23.7 Å². The van der Waals surface area contributed by atoms with Crippen molar-refractivity contribution in [2.75, 3.05) is 32.8 Å². The lowest BCUT2D eigenvalue weighted by molar-refractivity contribution is -0.123. The summed E-state index contributed by atoms with van der Waals surface area (Å²) in [6.45, 7) is 2.25. The monoisotopic (exact) mass is 387 g/mol. The third-order valence-corrected chi connectivity index (χ3v) is 4.08. The lowest BCUT2D eigenvalue weighted by Gasteiger charge is -2.21. The Morgan fingerprint density at radius 3 is 2.50 bits per heavy atom. The Bertz CT molecular complexity index is 864. The van der Waals surface area contributed by atoms with E-state index in [1.165, 1.54) is 33.3 Å². The van der Waals surface area contributed by atoms with Crippen LogP contribution in [0.25, 0.3) is 0 Å². The molecular formula is C20H21NO7. The van der Waals surface area contributed by atoms with Crippen LogP contribution in [-0.4, -0.2) is 45.4 Å². The maximum Gasteiger partial charge on any atom is 0.339 e. The standard InChI is InChI=1S/C20H21NO7/c1-12(19(22)21-14-6-4-5-7-15(14)24-2)28-20(23)13-10-16(25-3)18-17(11-13)26-8-9-27-18/h4-7,10-12H,8-9H2,1-3H3,(H,21,22). The number of rotatable bonds is 6. The number of methoxy groups -OCH3 is 2. The van der Waals surface area contributed by atoms with Crippen LogP contribution in [0.1, 0.15) is 17.3 Å². The Hall–Kier alpha value is -3.42. The van der Waals surface area contributed by atoms with Crippen LogP contribution in [0.15, 0.2) is 36.4 Å². The minimum absolute atomic E-state index is 0.193. The first-order chi connectivity index (χ1) is 13.5. The second-order valence-electron chi connectivity index (χ2n) is 5.94. The Morgan fingerprint density at radius 2 is 1.75 bits per heavy atom. The predicted molar refractivity (Wildman–Crippen MR) is 100 cm³/mol. The molecule has 148 valence electrons. The van der Waals surface area contributed by atoms with Crippen LogP contribution in [0, 0.1) is 0 Å². The number of benzene rings is 2. The summed E-state index contributed by atoms with van der Waals surface area (Å²) in [5.74, 6) is 0.525. The summed E-state index contributed by atoms with van der Waals surface area (Å²) in [6.07, 6.45) is -1.03. The number of para-hydroxylation sites is 2. The largest absolute Gasteiger partial charge is 0.495 e. The normalized spacial score (nSPS) is 13.2. The van der Waals surface area contributed by atoms with Crippen molar-refractivity contribution in [1.82, 2.24) is 0 Å². The van der Waals surface area contributed by atoms with Gasteiger partial charge in [0, 0.05) is 0 Å². The Morgan fingerprint density at radius 1 is 1.04 bits per heavy atom. The van der Waals surface area contributed by atoms with E-state index >= 15 is 0 Å². The van der Waals surface area contributed by atoms with Crippen molar-refractivity contribution < 1.29 is 33.3 Å². The van der Waals surface area contributed by atoms with E-state index in [1.54, 1.807) is 24.3 Å². The van der Waals surface area contributed by atoms with Crippen molar-refractivity contribution in [3.63, 3.8) is 0 Å². The van der Waals surface area contributed by atoms with Crippen LogP contribution in [0.2, 0.25) is 0 Å². The number of carbonyl (C=O) groups excluding carboxylic acids is 2. The molecule has 2 aromatic rings. The molecule has 0 bridgehead atoms. The zero-order valence-corrected chi connectivity index (χ0v) is 15.8. The maximum atomic E-state index is 12.5. The SMILES string of the molecule is COc1ccccc1NC(=O)C(C)OC(=O)c1cc(OC)c2c(c1)OCCO2. The highest BCUT2D eigenvalue weighted by molar-refractivity contribution is 5.98. The molecule has 1 unspecified atom stereocenters. The summed E-state index contributed by atoms with van der Waals surface area (Å²) in [5.41, 5.74) is 0.678. The van der Waals surface area contributed by atoms with E-state index in [1.807, 2.05) is 0 Å². The first-order valence-corrected chi connectivity index (χ1v) is 8.66. The summed E-state index contributed by atoms with van der Waals surface area (Å²) >= 11 is 0. The lowest BCUT2D eigenvalue weighted by Crippen LogP contribution is -2.30. The third-order valence-electron chi connectivity index (χ3n) is 4.08. The van der Waals surface area contributed by atoms with Gasteiger partial charge in [0.2, 0.25) is 5.75 Å². The molecule has 1 heterocycles. The summed E-state index contributed by atoms with van der Waals surface area (Å²) in [5, 5.41) is 2.68. The number of anilines is 1. The summed E-state index contributed by atoms with van der Waals surface area (Å²) in [7, 11) is 2.97. The molecule has 0 aliphatic carbocycles. The lowest BCUT2D eigenvalue weighted by atomic mass is 10.1. The Kier molecular flexibility index (Phi) is 5.88. The highest BCUT2D eigenvalue weighted by Crippen LogP contribution is 2.40. The van der Waals surface area contributed by atoms with Gasteiger partial charge < -0.3 is 29.0 Å². The molecule has 1 aliphatic rings. The van der Waals surface area contributed by atoms with Crippen molar-refractivity contribution in [3.05, 3.63) is 42.0 Å². The van der Waals surface area contributed by atoms with Gasteiger partial charge in [-0.05, 0) is 31.2 Å². The van der Waals surface area contributed by atoms with Crippen LogP contribution in [-0.2, 0) is 9.53 Å². The number of hydrogen-bond donors (Lipinski definition) is 1. The molecule has 1 aliphatic heterocycles. The van der Waals surface area contributed by atoms with Crippen molar-refractivity contribution in [1.29, 1.82) is 0 Å². The molecule has 0 radical (unpaired) electrons. The van der Waals surface area contributed by atoms with Crippen LogP contribution in [0.4, 0.5) is 5.69 Å². The van der Waals surface area contributed by atoms with E-state index in [9.17, 15) is 9.59 Å². The first-order valence-electron chi connectivity index (χ1n) is 8.66. The molecule has 8 heteroatoms. The number of hydrogen-bond acceptors (Lipinski definition) is 7. The molecule has 0 fully saturated rings. The van der Waals surface area contributed by atoms with E-state index in [2.05, 4.69) is 5.32 Å². The molecule has 0 saturated carbocycles. The second kappa shape index (κ2) is 8.51. The minimum atomic E-state index is -1.03. The molecule has 2 aromatic carbocycles. The number of ether oxygens (including phenoxy) is 5. The van der Waals surface area contributed by atoms with Gasteiger partial charge in [-0.2, -0.15) is 0 Å². The van der Waals surface area contributed by atoms with Crippen molar-refractivity contribution in [2.45, 2.75) is 13.0 Å². The number of fused-ring (bicyclic) bond motifs is 1. The van der Waals surface area contributed by atoms with Gasteiger partial charge in [-0.15, -0.1) is 0 Å². The highest BCUT2D eigenvalue weighted by atomic mass is 16.6. The molecule has 8 nitrogen and oxygen atoms in total. The molecule has 1 N–H and O–H groups in total. The first kappa shape index (κ1) is 19.3. The van der Waals surface area contributed by atoms with Gasteiger partial charge in [0.15, 0.2) is 17.6 Å². The van der Waals surface area contributed by atoms with Gasteiger partial charge >= 0.3 is 5.97 Å². The maximum absolute atomic E-state index is 12.5. The number of carbonyl (C=O) groups is 2. The molecule has 1 amide bonds. The zero-order chi connectivity index (χ0) is 20.1. The quantitative estimate of drug-likeness (QED) is 0.762. The minimum Gasteiger partial charge on any atom is -0.495 e. The van der Waals surface area contributed by atoms with Crippen molar-refractivity contribution in [2.24, 2.45) is 0 Å². The van der Waals surface area contributed by atoms with E-state index in [0.717, 1.165) is 0 Å². The molecule has 0 saturated heterocycles. The zero-order valence-electron chi connectivity index (χ0n) is 15.8. The van der Waals surface area contributed by atoms with E-state index in [0.29, 0.717) is 41.9 Å². The van der Waals surface area contributed by atoms with Gasteiger partial charge in [-0.1, -0.05) is 12.1 Å². The smallest absolute Gasteiger partial charge is 0.339 e. The number of nitrogens with one attached hydrogen (secondary N) is 1. The average Bonchev–Trinajstić information content (AvgIpc) is 2.73. The predicted octanol–water partition coefficient (Wildman–Crippen LogP) is 2.66.